The molecule has 0 aromatic heterocycles. The molecule has 30 heavy (non-hydrogen) atoms. The number of rotatable bonds is 8. The van der Waals surface area contributed by atoms with E-state index in [4.69, 9.17) is 9.47 Å². The second-order valence-electron chi connectivity index (χ2n) is 6.18. The van der Waals surface area contributed by atoms with Crippen molar-refractivity contribution in [1.29, 1.82) is 0 Å². The third-order valence-electron chi connectivity index (χ3n) is 4.33. The van der Waals surface area contributed by atoms with Gasteiger partial charge in [-0.25, -0.2) is 4.79 Å². The van der Waals surface area contributed by atoms with E-state index in [-0.39, 0.29) is 11.3 Å². The minimum atomic E-state index is -0.886. The Hall–Kier alpha value is -3.75. The first-order valence-corrected chi connectivity index (χ1v) is 9.37. The van der Waals surface area contributed by atoms with Gasteiger partial charge < -0.3 is 19.5 Å². The van der Waals surface area contributed by atoms with Gasteiger partial charge in [-0.05, 0) is 50.2 Å². The van der Waals surface area contributed by atoms with Crippen LogP contribution < -0.4 is 20.5 Å². The second-order valence-corrected chi connectivity index (χ2v) is 6.18. The molecule has 2 rings (SSSR count). The van der Waals surface area contributed by atoms with Gasteiger partial charge in [-0.2, -0.15) is 0 Å². The summed E-state index contributed by atoms with van der Waals surface area (Å²) in [5.74, 6) is -2.09. The van der Waals surface area contributed by atoms with Crippen LogP contribution in [0.2, 0.25) is 0 Å². The number of hydrogen-bond donors (Lipinski definition) is 3. The number of benzene rings is 2. The summed E-state index contributed by atoms with van der Waals surface area (Å²) in [7, 11) is 1.42. The number of carbonyl (C=O) groups excluding carboxylic acids is 3. The molecule has 9 nitrogen and oxygen atoms in total. The smallest absolute Gasteiger partial charge is 0.342 e. The molecule has 0 aliphatic carbocycles. The van der Waals surface area contributed by atoms with Crippen molar-refractivity contribution in [2.24, 2.45) is 0 Å². The number of nitrogens with one attached hydrogen (secondary N) is 2. The fourth-order valence-electron chi connectivity index (χ4n) is 2.67. The molecule has 0 aliphatic rings. The number of phenols is 1. The SMILES string of the molecule is CCN(CC)c1ccc(C(=O)NNC(=O)COC(=O)c2ccc(OC)cc2O)cc1. The van der Waals surface area contributed by atoms with Crippen molar-refractivity contribution in [1.82, 2.24) is 10.9 Å². The Morgan fingerprint density at radius 2 is 1.67 bits per heavy atom. The number of nitrogens with zero attached hydrogens (tertiary/aromatic N) is 1. The predicted octanol–water partition coefficient (Wildman–Crippen LogP) is 1.86. The Balaban J connectivity index is 1.82. The summed E-state index contributed by atoms with van der Waals surface area (Å²) < 4.78 is 9.77. The molecule has 0 bridgehead atoms. The first-order chi connectivity index (χ1) is 14.4. The highest BCUT2D eigenvalue weighted by Gasteiger charge is 2.16. The fourth-order valence-corrected chi connectivity index (χ4v) is 2.67. The van der Waals surface area contributed by atoms with Crippen LogP contribution in [0.1, 0.15) is 34.6 Å². The lowest BCUT2D eigenvalue weighted by molar-refractivity contribution is -0.125. The maximum Gasteiger partial charge on any atom is 0.342 e. The van der Waals surface area contributed by atoms with Crippen molar-refractivity contribution in [3.8, 4) is 11.5 Å². The highest BCUT2D eigenvalue weighted by Crippen LogP contribution is 2.23. The molecule has 2 aromatic carbocycles. The first kappa shape index (κ1) is 22.5. The maximum absolute atomic E-state index is 12.1. The van der Waals surface area contributed by atoms with E-state index in [0.29, 0.717) is 11.3 Å². The number of ether oxygens (including phenoxy) is 2. The maximum atomic E-state index is 12.1. The Morgan fingerprint density at radius 3 is 2.23 bits per heavy atom. The van der Waals surface area contributed by atoms with Crippen LogP contribution in [0, 0.1) is 0 Å². The Kier molecular flexibility index (Phi) is 8.04. The third-order valence-corrected chi connectivity index (χ3v) is 4.33. The van der Waals surface area contributed by atoms with Crippen molar-refractivity contribution in [3.05, 3.63) is 53.6 Å². The van der Waals surface area contributed by atoms with Crippen LogP contribution in [0.5, 0.6) is 11.5 Å². The van der Waals surface area contributed by atoms with Crippen LogP contribution in [0.3, 0.4) is 0 Å². The van der Waals surface area contributed by atoms with Gasteiger partial charge >= 0.3 is 5.97 Å². The number of phenolic OH excluding ortho intramolecular Hbond substituents is 1. The minimum Gasteiger partial charge on any atom is -0.507 e. The number of methoxy groups -OCH3 is 1. The molecule has 2 aromatic rings. The predicted molar refractivity (Wildman–Crippen MR) is 111 cm³/mol. The van der Waals surface area contributed by atoms with Crippen molar-refractivity contribution in [3.63, 3.8) is 0 Å². The zero-order valence-electron chi connectivity index (χ0n) is 17.1. The zero-order valence-corrected chi connectivity index (χ0v) is 17.1. The quantitative estimate of drug-likeness (QED) is 0.445. The largest absolute Gasteiger partial charge is 0.507 e. The van der Waals surface area contributed by atoms with Gasteiger partial charge in [0.1, 0.15) is 17.1 Å². The molecule has 0 heterocycles. The van der Waals surface area contributed by atoms with Gasteiger partial charge in [0.25, 0.3) is 11.8 Å². The topological polar surface area (TPSA) is 117 Å². The molecule has 160 valence electrons. The fraction of sp³-hybridized carbons (Fsp3) is 0.286. The van der Waals surface area contributed by atoms with E-state index < -0.39 is 24.4 Å². The van der Waals surface area contributed by atoms with E-state index >= 15 is 0 Å². The Bertz CT molecular complexity index is 894. The average molecular weight is 415 g/mol. The summed E-state index contributed by atoms with van der Waals surface area (Å²) in [6, 6.07) is 11.0. The van der Waals surface area contributed by atoms with Crippen LogP contribution >= 0.6 is 0 Å². The highest BCUT2D eigenvalue weighted by molar-refractivity contribution is 5.96. The monoisotopic (exact) mass is 415 g/mol. The van der Waals surface area contributed by atoms with E-state index in [0.717, 1.165) is 18.8 Å². The van der Waals surface area contributed by atoms with Gasteiger partial charge in [0, 0.05) is 30.4 Å². The number of amides is 2. The van der Waals surface area contributed by atoms with E-state index in [1.165, 1.54) is 25.3 Å². The molecule has 2 amide bonds. The number of hydrogen-bond acceptors (Lipinski definition) is 7. The summed E-state index contributed by atoms with van der Waals surface area (Å²) in [5, 5.41) is 9.80. The molecule has 0 atom stereocenters. The standard InChI is InChI=1S/C21H25N3O6/c1-4-24(5-2)15-8-6-14(7-9-15)20(27)23-22-19(26)13-30-21(28)17-11-10-16(29-3)12-18(17)25/h6-12,25H,4-5,13H2,1-3H3,(H,22,26)(H,23,27). The van der Waals surface area contributed by atoms with E-state index in [1.807, 2.05) is 26.0 Å². The van der Waals surface area contributed by atoms with Crippen LogP contribution in [0.15, 0.2) is 42.5 Å². The van der Waals surface area contributed by atoms with Crippen molar-refractivity contribution < 1.29 is 29.0 Å². The molecule has 3 N–H and O–H groups in total. The van der Waals surface area contributed by atoms with E-state index in [2.05, 4.69) is 15.8 Å². The minimum absolute atomic E-state index is 0.110. The molecule has 0 radical (unpaired) electrons. The molecule has 0 spiro atoms. The van der Waals surface area contributed by atoms with Gasteiger partial charge in [-0.1, -0.05) is 0 Å². The summed E-state index contributed by atoms with van der Waals surface area (Å²) in [6.45, 7) is 5.16. The molecule has 9 heteroatoms. The average Bonchev–Trinajstić information content (AvgIpc) is 2.76. The Labute approximate surface area is 174 Å². The number of anilines is 1. The lowest BCUT2D eigenvalue weighted by atomic mass is 10.2. The number of aromatic hydroxyl groups is 1. The van der Waals surface area contributed by atoms with Gasteiger partial charge in [-0.15, -0.1) is 0 Å². The first-order valence-electron chi connectivity index (χ1n) is 9.37. The van der Waals surface area contributed by atoms with Crippen molar-refractivity contribution in [2.45, 2.75) is 13.8 Å². The summed E-state index contributed by atoms with van der Waals surface area (Å²) in [6.07, 6.45) is 0. The van der Waals surface area contributed by atoms with Gasteiger partial charge in [0.15, 0.2) is 6.61 Å². The Morgan fingerprint density at radius 1 is 1.00 bits per heavy atom. The summed E-state index contributed by atoms with van der Waals surface area (Å²) in [5.41, 5.74) is 5.68. The zero-order chi connectivity index (χ0) is 22.1. The normalized spacial score (nSPS) is 10.1. The number of esters is 1. The molecule has 0 saturated heterocycles. The van der Waals surface area contributed by atoms with Crippen molar-refractivity contribution in [2.75, 3.05) is 31.7 Å². The van der Waals surface area contributed by atoms with Crippen LogP contribution in [-0.2, 0) is 9.53 Å². The molecular formula is C21H25N3O6. The number of hydrazine groups is 1. The van der Waals surface area contributed by atoms with Crippen LogP contribution in [0.25, 0.3) is 0 Å². The van der Waals surface area contributed by atoms with Crippen LogP contribution in [-0.4, -0.2) is 49.7 Å². The molecule has 0 saturated carbocycles. The number of carbonyl (C=O) groups is 3. The van der Waals surface area contributed by atoms with Crippen LogP contribution in [0.4, 0.5) is 5.69 Å². The van der Waals surface area contributed by atoms with E-state index in [1.54, 1.807) is 12.1 Å². The van der Waals surface area contributed by atoms with Gasteiger partial charge in [-0.3, -0.25) is 20.4 Å². The molecule has 0 fully saturated rings. The highest BCUT2D eigenvalue weighted by atomic mass is 16.5. The lowest BCUT2D eigenvalue weighted by Crippen LogP contribution is -2.43. The summed E-state index contributed by atoms with van der Waals surface area (Å²) >= 11 is 0. The lowest BCUT2D eigenvalue weighted by Gasteiger charge is -2.21. The molecule has 0 aliphatic heterocycles. The molecular weight excluding hydrogens is 390 g/mol. The van der Waals surface area contributed by atoms with Crippen molar-refractivity contribution >= 4 is 23.5 Å². The second kappa shape index (κ2) is 10.7. The molecule has 0 unspecified atom stereocenters. The van der Waals surface area contributed by atoms with Gasteiger partial charge in [0.2, 0.25) is 0 Å². The van der Waals surface area contributed by atoms with E-state index in [9.17, 15) is 19.5 Å². The summed E-state index contributed by atoms with van der Waals surface area (Å²) in [4.78, 5) is 38.1. The van der Waals surface area contributed by atoms with Gasteiger partial charge in [0.05, 0.1) is 7.11 Å². The third kappa shape index (κ3) is 5.87.